The summed E-state index contributed by atoms with van der Waals surface area (Å²) in [6.07, 6.45) is 2.95. The number of carboxylic acid groups (broad SMARTS) is 1. The summed E-state index contributed by atoms with van der Waals surface area (Å²) in [5.74, 6) is -0.00277. The summed E-state index contributed by atoms with van der Waals surface area (Å²) in [7, 11) is 3.22. The molecule has 0 bridgehead atoms. The van der Waals surface area contributed by atoms with Gasteiger partial charge in [0.25, 0.3) is 0 Å². The quantitative estimate of drug-likeness (QED) is 0.695. The Morgan fingerprint density at radius 1 is 1.23 bits per heavy atom. The van der Waals surface area contributed by atoms with Crippen molar-refractivity contribution in [1.29, 1.82) is 0 Å². The average Bonchev–Trinajstić information content (AvgIpc) is 2.75. The van der Waals surface area contributed by atoms with Gasteiger partial charge in [-0.2, -0.15) is 0 Å². The molecule has 2 atom stereocenters. The number of benzene rings is 1. The minimum atomic E-state index is -1.22. The Morgan fingerprint density at radius 3 is 2.80 bits per heavy atom. The van der Waals surface area contributed by atoms with Gasteiger partial charge in [0.1, 0.15) is 5.56 Å². The molecule has 0 spiro atoms. The molecule has 8 heteroatoms. The Kier molecular flexibility index (Phi) is 5.78. The van der Waals surface area contributed by atoms with E-state index in [1.807, 2.05) is 16.7 Å². The monoisotopic (exact) mass is 415 g/mol. The second kappa shape index (κ2) is 8.49. The lowest BCUT2D eigenvalue weighted by atomic mass is 9.80. The van der Waals surface area contributed by atoms with Crippen molar-refractivity contribution in [2.24, 2.45) is 0 Å². The van der Waals surface area contributed by atoms with Gasteiger partial charge in [0, 0.05) is 56.5 Å². The summed E-state index contributed by atoms with van der Waals surface area (Å²) in [4.78, 5) is 24.0. The van der Waals surface area contributed by atoms with Gasteiger partial charge >= 0.3 is 5.97 Å². The Labute approximate surface area is 173 Å². The molecule has 1 fully saturated rings. The Hall–Kier alpha value is -2.84. The molecule has 0 amide bonds. The molecule has 0 aliphatic carbocycles. The molecule has 1 saturated heterocycles. The maximum Gasteiger partial charge on any atom is 0.341 e. The molecule has 1 aromatic heterocycles. The predicted molar refractivity (Wildman–Crippen MR) is 109 cm³/mol. The van der Waals surface area contributed by atoms with Crippen LogP contribution < -0.4 is 14.9 Å². The number of carbonyl (C=O) groups is 1. The first-order valence-electron chi connectivity index (χ1n) is 9.96. The van der Waals surface area contributed by atoms with Crippen LogP contribution in [0.25, 0.3) is 11.3 Å². The van der Waals surface area contributed by atoms with Gasteiger partial charge in [-0.05, 0) is 24.1 Å². The number of ether oxygens (including phenoxy) is 4. The molecule has 2 aliphatic rings. The van der Waals surface area contributed by atoms with Gasteiger partial charge in [-0.25, -0.2) is 4.79 Å². The lowest BCUT2D eigenvalue weighted by Crippen LogP contribution is -2.34. The third-order valence-corrected chi connectivity index (χ3v) is 5.75. The lowest BCUT2D eigenvalue weighted by Gasteiger charge is -2.40. The normalized spacial score (nSPS) is 19.4. The van der Waals surface area contributed by atoms with Gasteiger partial charge in [-0.15, -0.1) is 0 Å². The fraction of sp³-hybridized carbons (Fsp3) is 0.455. The molecule has 0 saturated carbocycles. The molecule has 30 heavy (non-hydrogen) atoms. The second-order valence-corrected chi connectivity index (χ2v) is 7.47. The van der Waals surface area contributed by atoms with Crippen LogP contribution in [0.1, 0.15) is 40.7 Å². The number of hydrogen-bond donors (Lipinski definition) is 1. The highest BCUT2D eigenvalue weighted by Gasteiger charge is 2.37. The third kappa shape index (κ3) is 3.57. The highest BCUT2D eigenvalue weighted by atomic mass is 16.5. The fourth-order valence-corrected chi connectivity index (χ4v) is 4.32. The number of rotatable bonds is 7. The summed E-state index contributed by atoms with van der Waals surface area (Å²) in [5, 5.41) is 9.41. The zero-order valence-electron chi connectivity index (χ0n) is 17.1. The molecule has 1 N–H and O–H groups in total. The minimum absolute atomic E-state index is 0.00897. The first-order valence-corrected chi connectivity index (χ1v) is 9.96. The van der Waals surface area contributed by atoms with Crippen LogP contribution in [0.3, 0.4) is 0 Å². The van der Waals surface area contributed by atoms with Crippen molar-refractivity contribution < 1.29 is 28.8 Å². The lowest BCUT2D eigenvalue weighted by molar-refractivity contribution is 0.0488. The molecular weight excluding hydrogens is 390 g/mol. The van der Waals surface area contributed by atoms with Gasteiger partial charge in [-0.3, -0.25) is 4.79 Å². The number of pyridine rings is 1. The topological polar surface area (TPSA) is 96.2 Å². The van der Waals surface area contributed by atoms with Crippen molar-refractivity contribution in [1.82, 2.24) is 4.57 Å². The number of hydrogen-bond acceptors (Lipinski definition) is 6. The third-order valence-electron chi connectivity index (χ3n) is 5.75. The van der Waals surface area contributed by atoms with Crippen LogP contribution in [-0.4, -0.2) is 56.3 Å². The van der Waals surface area contributed by atoms with Crippen molar-refractivity contribution in [3.8, 4) is 22.8 Å². The standard InChI is InChI=1S/C22H25NO7/c1-27-5-3-6-30-21-8-13-14(9-20(21)28-2)18-10-19(24)15(22(25)26)11-23(18)17-4-7-29-12-16(13)17/h8-11,16-17H,3-7,12H2,1-2H3,(H,25,26)/t16-,17-/m0/s1. The molecule has 0 radical (unpaired) electrons. The molecule has 2 aliphatic heterocycles. The Morgan fingerprint density at radius 2 is 2.07 bits per heavy atom. The van der Waals surface area contributed by atoms with Gasteiger partial charge in [-0.1, -0.05) is 0 Å². The highest BCUT2D eigenvalue weighted by Crippen LogP contribution is 2.48. The molecule has 3 heterocycles. The van der Waals surface area contributed by atoms with E-state index in [2.05, 4.69) is 0 Å². The fourth-order valence-electron chi connectivity index (χ4n) is 4.32. The van der Waals surface area contributed by atoms with E-state index in [0.717, 1.165) is 24.0 Å². The van der Waals surface area contributed by atoms with Crippen LogP contribution in [0.4, 0.5) is 0 Å². The van der Waals surface area contributed by atoms with Crippen molar-refractivity contribution in [3.63, 3.8) is 0 Å². The first-order chi connectivity index (χ1) is 14.5. The number of aromatic carboxylic acids is 1. The highest BCUT2D eigenvalue weighted by molar-refractivity contribution is 5.88. The Balaban J connectivity index is 1.84. The number of methoxy groups -OCH3 is 2. The zero-order chi connectivity index (χ0) is 21.3. The maximum absolute atomic E-state index is 12.4. The van der Waals surface area contributed by atoms with Crippen molar-refractivity contribution in [2.75, 3.05) is 40.6 Å². The van der Waals surface area contributed by atoms with Crippen molar-refractivity contribution in [2.45, 2.75) is 24.8 Å². The SMILES string of the molecule is COCCCOc1cc2c(cc1OC)-c1cc(=O)c(C(=O)O)cn1[C@H]1CCOC[C@@H]21. The van der Waals surface area contributed by atoms with Crippen LogP contribution in [0.5, 0.6) is 11.5 Å². The number of carboxylic acids is 1. The summed E-state index contributed by atoms with van der Waals surface area (Å²) in [6.45, 7) is 2.20. The molecule has 2 aromatic rings. The van der Waals surface area contributed by atoms with Gasteiger partial charge in [0.05, 0.1) is 26.0 Å². The molecule has 1 aromatic carbocycles. The van der Waals surface area contributed by atoms with E-state index in [4.69, 9.17) is 18.9 Å². The zero-order valence-corrected chi connectivity index (χ0v) is 17.1. The largest absolute Gasteiger partial charge is 0.493 e. The first kappa shape index (κ1) is 20.4. The maximum atomic E-state index is 12.4. The molecule has 4 rings (SSSR count). The molecule has 160 valence electrons. The predicted octanol–water partition coefficient (Wildman–Crippen LogP) is 2.70. The van der Waals surface area contributed by atoms with E-state index in [1.54, 1.807) is 14.2 Å². The smallest absolute Gasteiger partial charge is 0.341 e. The van der Waals surface area contributed by atoms with E-state index in [0.29, 0.717) is 43.6 Å². The van der Waals surface area contributed by atoms with Gasteiger partial charge in [0.2, 0.25) is 0 Å². The van der Waals surface area contributed by atoms with E-state index in [9.17, 15) is 14.7 Å². The van der Waals surface area contributed by atoms with Crippen molar-refractivity contribution >= 4 is 5.97 Å². The summed E-state index contributed by atoms with van der Waals surface area (Å²) in [6, 6.07) is 5.24. The van der Waals surface area contributed by atoms with Crippen molar-refractivity contribution in [3.05, 3.63) is 45.7 Å². The van der Waals surface area contributed by atoms with E-state index < -0.39 is 11.4 Å². The van der Waals surface area contributed by atoms with E-state index in [-0.39, 0.29) is 17.5 Å². The van der Waals surface area contributed by atoms with Crippen LogP contribution >= 0.6 is 0 Å². The van der Waals surface area contributed by atoms with E-state index >= 15 is 0 Å². The Bertz CT molecular complexity index is 1010. The second-order valence-electron chi connectivity index (χ2n) is 7.47. The van der Waals surface area contributed by atoms with Gasteiger partial charge in [0.15, 0.2) is 16.9 Å². The van der Waals surface area contributed by atoms with Crippen LogP contribution in [0.15, 0.2) is 29.2 Å². The summed E-state index contributed by atoms with van der Waals surface area (Å²) < 4.78 is 24.2. The summed E-state index contributed by atoms with van der Waals surface area (Å²) in [5.41, 5.74) is 1.80. The van der Waals surface area contributed by atoms with Crippen LogP contribution in [0.2, 0.25) is 0 Å². The average molecular weight is 415 g/mol. The number of fused-ring (bicyclic) bond motifs is 6. The molecule has 8 nitrogen and oxygen atoms in total. The summed E-state index contributed by atoms with van der Waals surface area (Å²) >= 11 is 0. The number of nitrogens with zero attached hydrogens (tertiary/aromatic N) is 1. The van der Waals surface area contributed by atoms with Gasteiger partial charge < -0.3 is 28.6 Å². The molecule has 0 unspecified atom stereocenters. The van der Waals surface area contributed by atoms with Crippen LogP contribution in [0, 0.1) is 0 Å². The van der Waals surface area contributed by atoms with Crippen LogP contribution in [-0.2, 0) is 9.47 Å². The van der Waals surface area contributed by atoms with E-state index in [1.165, 1.54) is 12.3 Å². The minimum Gasteiger partial charge on any atom is -0.493 e. The number of aromatic nitrogens is 1. The molecular formula is C22H25NO7.